The molecule has 1 heterocycles. The van der Waals surface area contributed by atoms with Crippen LogP contribution in [-0.4, -0.2) is 31.6 Å². The van der Waals surface area contributed by atoms with Crippen molar-refractivity contribution in [3.63, 3.8) is 0 Å². The second-order valence-corrected chi connectivity index (χ2v) is 9.33. The van der Waals surface area contributed by atoms with Crippen molar-refractivity contribution in [2.45, 2.75) is 25.7 Å². The first-order chi connectivity index (χ1) is 14.2. The second kappa shape index (κ2) is 8.76. The monoisotopic (exact) mass is 443 g/mol. The Kier molecular flexibility index (Phi) is 6.33. The summed E-state index contributed by atoms with van der Waals surface area (Å²) < 4.78 is 27.4. The number of para-hydroxylation sites is 1. The predicted molar refractivity (Wildman–Crippen MR) is 118 cm³/mol. The Morgan fingerprint density at radius 1 is 1.07 bits per heavy atom. The van der Waals surface area contributed by atoms with E-state index in [1.54, 1.807) is 38.1 Å². The molecule has 0 aliphatic heterocycles. The van der Waals surface area contributed by atoms with Crippen LogP contribution in [-0.2, 0) is 10.0 Å². The third kappa shape index (κ3) is 4.42. The van der Waals surface area contributed by atoms with Crippen LogP contribution < -0.4 is 9.62 Å². The number of rotatable bonds is 7. The molecule has 2 aromatic carbocycles. The van der Waals surface area contributed by atoms with Gasteiger partial charge in [-0.3, -0.25) is 19.2 Å². The lowest BCUT2D eigenvalue weighted by Crippen LogP contribution is -2.30. The zero-order chi connectivity index (χ0) is 21.9. The van der Waals surface area contributed by atoms with Gasteiger partial charge in [0.05, 0.1) is 21.2 Å². The number of benzene rings is 2. The highest BCUT2D eigenvalue weighted by Crippen LogP contribution is 2.25. The number of anilines is 2. The number of sulfonamides is 1. The van der Waals surface area contributed by atoms with Gasteiger partial charge in [-0.15, -0.1) is 0 Å². The summed E-state index contributed by atoms with van der Waals surface area (Å²) in [5.74, 6) is -0.544. The summed E-state index contributed by atoms with van der Waals surface area (Å²) in [6.07, 6.45) is 0. The van der Waals surface area contributed by atoms with Gasteiger partial charge < -0.3 is 0 Å². The van der Waals surface area contributed by atoms with E-state index in [2.05, 4.69) is 10.3 Å². The standard InChI is InChI=1S/C21H21N3O4S2/c1-4-24(17-8-6-5-7-9-17)30(27,28)18-12-10-16(11-13-18)20(26)23-21-22-14(2)19(29-21)15(3)25/h5-13H,4H2,1-3H3,(H,22,23,26). The number of ketones is 1. The number of aromatic nitrogens is 1. The van der Waals surface area contributed by atoms with Gasteiger partial charge in [-0.2, -0.15) is 0 Å². The van der Waals surface area contributed by atoms with Crippen molar-refractivity contribution >= 4 is 43.9 Å². The highest BCUT2D eigenvalue weighted by Gasteiger charge is 2.24. The number of nitrogens with one attached hydrogen (secondary N) is 1. The number of carbonyl (C=O) groups is 2. The number of hydrogen-bond donors (Lipinski definition) is 1. The average Bonchev–Trinajstić information content (AvgIpc) is 3.09. The van der Waals surface area contributed by atoms with E-state index in [4.69, 9.17) is 0 Å². The fourth-order valence-electron chi connectivity index (χ4n) is 2.94. The first-order valence-electron chi connectivity index (χ1n) is 9.21. The molecular formula is C21H21N3O4S2. The topological polar surface area (TPSA) is 96.4 Å². The SMILES string of the molecule is CCN(c1ccccc1)S(=O)(=O)c1ccc(C(=O)Nc2nc(C)c(C(C)=O)s2)cc1. The molecule has 0 bridgehead atoms. The Hall–Kier alpha value is -3.04. The number of hydrogen-bond acceptors (Lipinski definition) is 6. The summed E-state index contributed by atoms with van der Waals surface area (Å²) in [7, 11) is -3.76. The fraction of sp³-hybridized carbons (Fsp3) is 0.190. The predicted octanol–water partition coefficient (Wildman–Crippen LogP) is 4.12. The summed E-state index contributed by atoms with van der Waals surface area (Å²) in [6, 6.07) is 14.6. The van der Waals surface area contributed by atoms with E-state index in [1.165, 1.54) is 35.5 Å². The minimum Gasteiger partial charge on any atom is -0.298 e. The summed E-state index contributed by atoms with van der Waals surface area (Å²) in [6.45, 7) is 5.18. The smallest absolute Gasteiger partial charge is 0.264 e. The second-order valence-electron chi connectivity index (χ2n) is 6.47. The van der Waals surface area contributed by atoms with Gasteiger partial charge in [-0.1, -0.05) is 29.5 Å². The van der Waals surface area contributed by atoms with Crippen LogP contribution in [0, 0.1) is 6.92 Å². The van der Waals surface area contributed by atoms with Gasteiger partial charge in [-0.05, 0) is 50.2 Å². The van der Waals surface area contributed by atoms with Crippen molar-refractivity contribution in [3.8, 4) is 0 Å². The van der Waals surface area contributed by atoms with Crippen LogP contribution >= 0.6 is 11.3 Å². The van der Waals surface area contributed by atoms with Gasteiger partial charge in [-0.25, -0.2) is 13.4 Å². The van der Waals surface area contributed by atoms with Crippen LogP contribution in [0.1, 0.15) is 39.6 Å². The molecular weight excluding hydrogens is 422 g/mol. The van der Waals surface area contributed by atoms with E-state index >= 15 is 0 Å². The Morgan fingerprint density at radius 3 is 2.23 bits per heavy atom. The van der Waals surface area contributed by atoms with Crippen molar-refractivity contribution in [2.75, 3.05) is 16.2 Å². The summed E-state index contributed by atoms with van der Waals surface area (Å²) in [5.41, 5.74) is 1.42. The molecule has 0 saturated carbocycles. The maximum Gasteiger partial charge on any atom is 0.264 e. The third-order valence-corrected chi connectivity index (χ3v) is 7.46. The molecule has 0 aliphatic rings. The molecule has 9 heteroatoms. The van der Waals surface area contributed by atoms with E-state index in [0.717, 1.165) is 11.3 Å². The Balaban J connectivity index is 1.80. The molecule has 1 aromatic heterocycles. The lowest BCUT2D eigenvalue weighted by Gasteiger charge is -2.22. The van der Waals surface area contributed by atoms with Gasteiger partial charge in [0.2, 0.25) is 0 Å². The number of aryl methyl sites for hydroxylation is 1. The largest absolute Gasteiger partial charge is 0.298 e. The highest BCUT2D eigenvalue weighted by atomic mass is 32.2. The molecule has 156 valence electrons. The molecule has 1 N–H and O–H groups in total. The van der Waals surface area contributed by atoms with Crippen LogP contribution in [0.3, 0.4) is 0 Å². The molecule has 0 atom stereocenters. The van der Waals surface area contributed by atoms with Gasteiger partial charge in [0.1, 0.15) is 0 Å². The number of carbonyl (C=O) groups excluding carboxylic acids is 2. The van der Waals surface area contributed by atoms with Gasteiger partial charge >= 0.3 is 0 Å². The minimum absolute atomic E-state index is 0.0914. The molecule has 1 amide bonds. The quantitative estimate of drug-likeness (QED) is 0.554. The lowest BCUT2D eigenvalue weighted by atomic mass is 10.2. The van der Waals surface area contributed by atoms with Gasteiger partial charge in [0.15, 0.2) is 10.9 Å². The first-order valence-corrected chi connectivity index (χ1v) is 11.5. The molecule has 0 spiro atoms. The molecule has 0 radical (unpaired) electrons. The van der Waals surface area contributed by atoms with Crippen molar-refractivity contribution in [2.24, 2.45) is 0 Å². The van der Waals surface area contributed by atoms with Gasteiger partial charge in [0, 0.05) is 19.0 Å². The van der Waals surface area contributed by atoms with E-state index in [9.17, 15) is 18.0 Å². The van der Waals surface area contributed by atoms with Gasteiger partial charge in [0.25, 0.3) is 15.9 Å². The molecule has 3 rings (SSSR count). The number of amides is 1. The van der Waals surface area contributed by atoms with E-state index in [1.807, 2.05) is 6.07 Å². The molecule has 3 aromatic rings. The highest BCUT2D eigenvalue weighted by molar-refractivity contribution is 7.92. The van der Waals surface area contributed by atoms with E-state index < -0.39 is 15.9 Å². The van der Waals surface area contributed by atoms with Crippen LogP contribution in [0.5, 0.6) is 0 Å². The maximum absolute atomic E-state index is 13.0. The zero-order valence-electron chi connectivity index (χ0n) is 16.7. The molecule has 7 nitrogen and oxygen atoms in total. The van der Waals surface area contributed by atoms with Crippen LogP contribution in [0.25, 0.3) is 0 Å². The molecule has 0 unspecified atom stereocenters. The summed E-state index contributed by atoms with van der Waals surface area (Å²) in [4.78, 5) is 28.8. The van der Waals surface area contributed by atoms with Crippen LogP contribution in [0.15, 0.2) is 59.5 Å². The molecule has 0 fully saturated rings. The number of nitrogens with zero attached hydrogens (tertiary/aromatic N) is 2. The van der Waals surface area contributed by atoms with Crippen molar-refractivity contribution in [1.82, 2.24) is 4.98 Å². The Morgan fingerprint density at radius 2 is 1.70 bits per heavy atom. The van der Waals surface area contributed by atoms with Crippen molar-refractivity contribution in [3.05, 3.63) is 70.7 Å². The summed E-state index contributed by atoms with van der Waals surface area (Å²) >= 11 is 1.11. The molecule has 30 heavy (non-hydrogen) atoms. The van der Waals surface area contributed by atoms with E-state index in [-0.39, 0.29) is 22.8 Å². The number of thiazole rings is 1. The Bertz CT molecular complexity index is 1170. The van der Waals surface area contributed by atoms with Crippen molar-refractivity contribution in [1.29, 1.82) is 0 Å². The minimum atomic E-state index is -3.76. The maximum atomic E-state index is 13.0. The third-order valence-electron chi connectivity index (χ3n) is 4.37. The molecule has 0 saturated heterocycles. The Labute approximate surface area is 179 Å². The van der Waals surface area contributed by atoms with Crippen LogP contribution in [0.2, 0.25) is 0 Å². The summed E-state index contributed by atoms with van der Waals surface area (Å²) in [5, 5.41) is 2.97. The fourth-order valence-corrected chi connectivity index (χ4v) is 5.27. The number of Topliss-reactive ketones (excluding diaryl/α,β-unsaturated/α-hetero) is 1. The average molecular weight is 444 g/mol. The lowest BCUT2D eigenvalue weighted by molar-refractivity contribution is 0.101. The normalized spacial score (nSPS) is 11.2. The van der Waals surface area contributed by atoms with Crippen LogP contribution in [0.4, 0.5) is 10.8 Å². The first kappa shape index (κ1) is 21.7. The van der Waals surface area contributed by atoms with Crippen molar-refractivity contribution < 1.29 is 18.0 Å². The van der Waals surface area contributed by atoms with E-state index in [0.29, 0.717) is 21.4 Å². The zero-order valence-corrected chi connectivity index (χ0v) is 18.4. The molecule has 0 aliphatic carbocycles.